The minimum absolute atomic E-state index is 0.590. The number of nitrogens with zero attached hydrogens (tertiary/aromatic N) is 7. The van der Waals surface area contributed by atoms with E-state index < -0.39 is 0 Å². The highest BCUT2D eigenvalue weighted by atomic mass is 15.0. The molecule has 0 fully saturated rings. The van der Waals surface area contributed by atoms with E-state index in [4.69, 9.17) is 34.9 Å². The van der Waals surface area contributed by atoms with Crippen molar-refractivity contribution in [1.82, 2.24) is 34.9 Å². The Kier molecular flexibility index (Phi) is 10.7. The molecule has 3 aromatic heterocycles. The van der Waals surface area contributed by atoms with E-state index in [9.17, 15) is 0 Å². The summed E-state index contributed by atoms with van der Waals surface area (Å²) in [4.78, 5) is 35.2. The van der Waals surface area contributed by atoms with Gasteiger partial charge in [0.1, 0.15) is 0 Å². The Morgan fingerprint density at radius 2 is 0.656 bits per heavy atom. The molecule has 0 spiro atoms. The first-order chi connectivity index (χ1) is 31.3. The fourth-order valence-corrected chi connectivity index (χ4v) is 8.30. The average Bonchev–Trinajstić information content (AvgIpc) is 3.34. The van der Waals surface area contributed by atoms with Crippen molar-refractivity contribution in [3.63, 3.8) is 0 Å². The van der Waals surface area contributed by atoms with Crippen LogP contribution in [0.15, 0.2) is 188 Å². The van der Waals surface area contributed by atoms with Gasteiger partial charge in [0.25, 0.3) is 0 Å². The van der Waals surface area contributed by atoms with Crippen LogP contribution in [0.2, 0.25) is 0 Å². The number of rotatable bonds is 9. The molecule has 3 heterocycles. The maximum atomic E-state index is 5.22. The minimum Gasteiger partial charge on any atom is -0.258 e. The molecule has 0 bridgehead atoms. The zero-order valence-electron chi connectivity index (χ0n) is 36.0. The third-order valence-electron chi connectivity index (χ3n) is 11.3. The van der Waals surface area contributed by atoms with Crippen molar-refractivity contribution in [2.45, 2.75) is 27.7 Å². The van der Waals surface area contributed by atoms with Crippen molar-refractivity contribution < 1.29 is 0 Å². The van der Waals surface area contributed by atoms with Gasteiger partial charge >= 0.3 is 0 Å². The molecule has 64 heavy (non-hydrogen) atoms. The highest BCUT2D eigenvalue weighted by Crippen LogP contribution is 2.44. The molecule has 0 saturated heterocycles. The van der Waals surface area contributed by atoms with Crippen LogP contribution in [-0.4, -0.2) is 34.9 Å². The smallest absolute Gasteiger partial charge is 0.164 e. The second kappa shape index (κ2) is 17.2. The van der Waals surface area contributed by atoms with E-state index in [-0.39, 0.29) is 0 Å². The Morgan fingerprint density at radius 3 is 1.23 bits per heavy atom. The van der Waals surface area contributed by atoms with Crippen molar-refractivity contribution in [2.75, 3.05) is 0 Å². The summed E-state index contributed by atoms with van der Waals surface area (Å²) in [7, 11) is 0. The third-order valence-corrected chi connectivity index (χ3v) is 11.3. The lowest BCUT2D eigenvalue weighted by molar-refractivity contribution is 1.07. The predicted molar refractivity (Wildman–Crippen MR) is 259 cm³/mol. The molecule has 0 aliphatic carbocycles. The summed E-state index contributed by atoms with van der Waals surface area (Å²) in [6.07, 6.45) is 0. The Balaban J connectivity index is 1.15. The topological polar surface area (TPSA) is 90.2 Å². The Labute approximate surface area is 373 Å². The SMILES string of the molecule is Cc1cccc(-c2nc(-c3ccccc3)nc(-c3ccccc3-c3c(-c4ccc(-c5nc(-c6ccccc6)nc(-c6ccccc6C)n5)cc4)cccc3-c3cc(C)nc(C)c3)n2)c1. The minimum atomic E-state index is 0.590. The number of hydrogen-bond donors (Lipinski definition) is 0. The lowest BCUT2D eigenvalue weighted by atomic mass is 9.85. The first-order valence-electron chi connectivity index (χ1n) is 21.4. The van der Waals surface area contributed by atoms with Crippen LogP contribution >= 0.6 is 0 Å². The van der Waals surface area contributed by atoms with Crippen LogP contribution in [-0.2, 0) is 0 Å². The zero-order chi connectivity index (χ0) is 43.6. The fraction of sp³-hybridized carbons (Fsp3) is 0.0702. The highest BCUT2D eigenvalue weighted by molar-refractivity contribution is 5.99. The summed E-state index contributed by atoms with van der Waals surface area (Å²) in [6.45, 7) is 8.26. The summed E-state index contributed by atoms with van der Waals surface area (Å²) in [5.74, 6) is 3.69. The molecule has 7 nitrogen and oxygen atoms in total. The van der Waals surface area contributed by atoms with Crippen LogP contribution in [0.1, 0.15) is 22.5 Å². The van der Waals surface area contributed by atoms with Gasteiger partial charge in [0, 0.05) is 44.8 Å². The highest BCUT2D eigenvalue weighted by Gasteiger charge is 2.22. The van der Waals surface area contributed by atoms with Crippen LogP contribution in [0.25, 0.3) is 102 Å². The first-order valence-corrected chi connectivity index (χ1v) is 21.4. The normalized spacial score (nSPS) is 11.1. The standard InChI is InChI=1S/C57H43N7/c1-36-17-15-23-44(33-36)55-60-53(42-21-9-6-10-22-42)63-57(64-55)50-26-14-13-25-49(50)51-47(27-16-28-48(51)45-34-38(3)58-39(4)35-45)40-29-31-43(32-30-40)54-59-52(41-19-7-5-8-20-41)61-56(62-54)46-24-12-11-18-37(46)2/h5-35H,1-4H3. The van der Waals surface area contributed by atoms with Crippen LogP contribution in [0.4, 0.5) is 0 Å². The molecule has 0 aliphatic heterocycles. The molecule has 7 aromatic carbocycles. The Hall–Kier alpha value is -8.29. The largest absolute Gasteiger partial charge is 0.258 e. The number of pyridine rings is 1. The summed E-state index contributed by atoms with van der Waals surface area (Å²) in [6, 6.07) is 64.5. The lowest BCUT2D eigenvalue weighted by Crippen LogP contribution is -2.02. The molecule has 0 N–H and O–H groups in total. The van der Waals surface area contributed by atoms with Crippen LogP contribution in [0, 0.1) is 27.7 Å². The van der Waals surface area contributed by atoms with Gasteiger partial charge in [0.05, 0.1) is 0 Å². The molecule has 7 heteroatoms. The number of aromatic nitrogens is 7. The molecular weight excluding hydrogens is 783 g/mol. The van der Waals surface area contributed by atoms with Gasteiger partial charge in [-0.1, -0.05) is 175 Å². The van der Waals surface area contributed by atoms with Crippen molar-refractivity contribution in [2.24, 2.45) is 0 Å². The summed E-state index contributed by atoms with van der Waals surface area (Å²) < 4.78 is 0. The van der Waals surface area contributed by atoms with Crippen LogP contribution in [0.3, 0.4) is 0 Å². The summed E-state index contributed by atoms with van der Waals surface area (Å²) >= 11 is 0. The molecule has 10 aromatic rings. The molecule has 0 radical (unpaired) electrons. The van der Waals surface area contributed by atoms with Gasteiger partial charge in [-0.05, 0) is 84.8 Å². The molecule has 10 rings (SSSR count). The van der Waals surface area contributed by atoms with Crippen molar-refractivity contribution in [1.29, 1.82) is 0 Å². The maximum Gasteiger partial charge on any atom is 0.164 e. The summed E-state index contributed by atoms with van der Waals surface area (Å²) in [5, 5.41) is 0. The van der Waals surface area contributed by atoms with Gasteiger partial charge in [0.2, 0.25) is 0 Å². The molecule has 0 atom stereocenters. The molecule has 0 amide bonds. The Morgan fingerprint density at radius 1 is 0.250 bits per heavy atom. The molecular formula is C57H43N7. The van der Waals surface area contributed by atoms with E-state index in [2.05, 4.69) is 123 Å². The van der Waals surface area contributed by atoms with Gasteiger partial charge in [-0.3, -0.25) is 4.98 Å². The molecule has 0 aliphatic rings. The van der Waals surface area contributed by atoms with Gasteiger partial charge < -0.3 is 0 Å². The van der Waals surface area contributed by atoms with E-state index in [0.717, 1.165) is 89.3 Å². The van der Waals surface area contributed by atoms with Gasteiger partial charge in [-0.25, -0.2) is 29.9 Å². The lowest BCUT2D eigenvalue weighted by Gasteiger charge is -2.20. The van der Waals surface area contributed by atoms with Gasteiger partial charge in [0.15, 0.2) is 34.9 Å². The van der Waals surface area contributed by atoms with Crippen molar-refractivity contribution >= 4 is 0 Å². The van der Waals surface area contributed by atoms with E-state index in [0.29, 0.717) is 34.9 Å². The van der Waals surface area contributed by atoms with Crippen molar-refractivity contribution in [3.05, 3.63) is 211 Å². The van der Waals surface area contributed by atoms with E-state index in [1.54, 1.807) is 0 Å². The maximum absolute atomic E-state index is 5.22. The molecule has 306 valence electrons. The van der Waals surface area contributed by atoms with Gasteiger partial charge in [-0.2, -0.15) is 0 Å². The predicted octanol–water partition coefficient (Wildman–Crippen LogP) is 13.7. The van der Waals surface area contributed by atoms with E-state index in [1.807, 2.05) is 92.7 Å². The second-order valence-electron chi connectivity index (χ2n) is 16.0. The Bertz CT molecular complexity index is 3290. The van der Waals surface area contributed by atoms with Crippen LogP contribution < -0.4 is 0 Å². The number of hydrogen-bond acceptors (Lipinski definition) is 7. The first kappa shape index (κ1) is 39.8. The molecule has 0 unspecified atom stereocenters. The average molecular weight is 826 g/mol. The van der Waals surface area contributed by atoms with Gasteiger partial charge in [-0.15, -0.1) is 0 Å². The van der Waals surface area contributed by atoms with E-state index >= 15 is 0 Å². The van der Waals surface area contributed by atoms with Crippen molar-refractivity contribution in [3.8, 4) is 102 Å². The number of benzene rings is 7. The zero-order valence-corrected chi connectivity index (χ0v) is 36.0. The monoisotopic (exact) mass is 825 g/mol. The molecule has 0 saturated carbocycles. The third kappa shape index (κ3) is 8.10. The van der Waals surface area contributed by atoms with E-state index in [1.165, 1.54) is 0 Å². The quantitative estimate of drug-likeness (QED) is 0.143. The summed E-state index contributed by atoms with van der Waals surface area (Å²) in [5.41, 5.74) is 16.0. The second-order valence-corrected chi connectivity index (χ2v) is 16.0. The van der Waals surface area contributed by atoms with Crippen LogP contribution in [0.5, 0.6) is 0 Å². The number of aryl methyl sites for hydroxylation is 4. The fourth-order valence-electron chi connectivity index (χ4n) is 8.30.